The molecule has 0 aromatic rings. The van der Waals surface area contributed by atoms with Crippen LogP contribution in [-0.2, 0) is 53.8 Å². The predicted molar refractivity (Wildman–Crippen MR) is 14.9 cm³/mol. The van der Waals surface area contributed by atoms with Gasteiger partial charge in [-0.3, -0.25) is 0 Å². The van der Waals surface area contributed by atoms with Crippen molar-refractivity contribution in [3.63, 3.8) is 0 Å². The molecule has 29 valence electrons. The zero-order valence-corrected chi connectivity index (χ0v) is 8.96. The number of nitrogens with one attached hydrogen (secondary N) is 1. The Hall–Kier alpha value is 1.75. The molecule has 0 bridgehead atoms. The average Bonchev–Trinajstić information content (AvgIpc) is 0.918. The van der Waals surface area contributed by atoms with E-state index in [-0.39, 0.29) is 53.8 Å². The molecule has 0 rings (SSSR count). The van der Waals surface area contributed by atoms with Gasteiger partial charge >= 0.3 is 0 Å². The SMILES string of the molecule is CC[NH-].[W].[Y]. The fraction of sp³-hybridized carbons (Fsp3) is 1.00. The largest absolute Gasteiger partial charge is 0.678 e. The van der Waals surface area contributed by atoms with Gasteiger partial charge in [0.2, 0.25) is 0 Å². The normalized spacial score (nSPS) is 3.60. The molecule has 0 aliphatic rings. The molecule has 0 saturated heterocycles. The second kappa shape index (κ2) is 17.1. The fourth-order valence-electron chi connectivity index (χ4n) is 0. The molecule has 0 heterocycles. The summed E-state index contributed by atoms with van der Waals surface area (Å²) in [6.07, 6.45) is 0. The van der Waals surface area contributed by atoms with Crippen molar-refractivity contribution in [3.8, 4) is 0 Å². The summed E-state index contributed by atoms with van der Waals surface area (Å²) in [5, 5.41) is 0. The summed E-state index contributed by atoms with van der Waals surface area (Å²) in [5.41, 5.74) is 6.21. The zero-order chi connectivity index (χ0) is 2.71. The maximum atomic E-state index is 6.21. The van der Waals surface area contributed by atoms with E-state index in [1.54, 1.807) is 6.92 Å². The minimum atomic E-state index is 0. The van der Waals surface area contributed by atoms with Gasteiger partial charge < -0.3 is 5.73 Å². The molecule has 3 heteroatoms. The Morgan fingerprint density at radius 1 is 1.60 bits per heavy atom. The molecule has 0 amide bonds. The van der Waals surface area contributed by atoms with Crippen molar-refractivity contribution in [1.82, 2.24) is 0 Å². The molecule has 1 radical (unpaired) electrons. The van der Waals surface area contributed by atoms with Gasteiger partial charge in [-0.1, -0.05) is 6.92 Å². The Morgan fingerprint density at radius 3 is 1.60 bits per heavy atom. The van der Waals surface area contributed by atoms with E-state index < -0.39 is 0 Å². The van der Waals surface area contributed by atoms with Crippen LogP contribution in [0, 0.1) is 0 Å². The van der Waals surface area contributed by atoms with Gasteiger partial charge in [-0.2, -0.15) is 6.54 Å². The first kappa shape index (κ1) is 15.9. The standard InChI is InChI=1S/C2H6N.W.Y/c1-2-3;;/h3H,2H2,1H3;;/q-1;;. The van der Waals surface area contributed by atoms with Gasteiger partial charge in [0.05, 0.1) is 0 Å². The maximum absolute atomic E-state index is 6.21. The fourth-order valence-corrected chi connectivity index (χ4v) is 0. The van der Waals surface area contributed by atoms with Gasteiger partial charge in [-0.15, -0.1) is 0 Å². The van der Waals surface area contributed by atoms with E-state index >= 15 is 0 Å². The van der Waals surface area contributed by atoms with Crippen molar-refractivity contribution in [3.05, 3.63) is 5.73 Å². The Bertz CT molecular complexity index is 9.61. The van der Waals surface area contributed by atoms with Crippen LogP contribution in [0.2, 0.25) is 0 Å². The summed E-state index contributed by atoms with van der Waals surface area (Å²) in [5.74, 6) is 0. The van der Waals surface area contributed by atoms with Gasteiger partial charge in [0, 0.05) is 53.8 Å². The first-order chi connectivity index (χ1) is 1.41. The monoisotopic (exact) mass is 317 g/mol. The molecular formula is C2H6NWY-. The van der Waals surface area contributed by atoms with Crippen LogP contribution in [-0.4, -0.2) is 6.54 Å². The van der Waals surface area contributed by atoms with E-state index in [1.165, 1.54) is 0 Å². The summed E-state index contributed by atoms with van der Waals surface area (Å²) in [6, 6.07) is 0. The van der Waals surface area contributed by atoms with E-state index in [1.807, 2.05) is 0 Å². The topological polar surface area (TPSA) is 23.8 Å². The molecule has 0 spiro atoms. The van der Waals surface area contributed by atoms with Crippen LogP contribution in [0.3, 0.4) is 0 Å². The predicted octanol–water partition coefficient (Wildman–Crippen LogP) is 1.05. The second-order valence-corrected chi connectivity index (χ2v) is 0.354. The quantitative estimate of drug-likeness (QED) is 0.638. The number of hydrogen-bond donors (Lipinski definition) is 0. The summed E-state index contributed by atoms with van der Waals surface area (Å²) in [7, 11) is 0. The third-order valence-electron chi connectivity index (χ3n) is 0. The van der Waals surface area contributed by atoms with Crippen molar-refractivity contribution in [2.75, 3.05) is 6.54 Å². The summed E-state index contributed by atoms with van der Waals surface area (Å²) >= 11 is 0. The van der Waals surface area contributed by atoms with Gasteiger partial charge in [0.15, 0.2) is 0 Å². The van der Waals surface area contributed by atoms with Gasteiger partial charge in [-0.25, -0.2) is 0 Å². The van der Waals surface area contributed by atoms with Crippen LogP contribution in [0.5, 0.6) is 0 Å². The van der Waals surface area contributed by atoms with E-state index in [0.29, 0.717) is 6.54 Å². The van der Waals surface area contributed by atoms with Gasteiger partial charge in [0.1, 0.15) is 0 Å². The molecule has 0 aromatic heterocycles. The minimum absolute atomic E-state index is 0. The Kier molecular flexibility index (Phi) is 54.4. The molecule has 1 nitrogen and oxygen atoms in total. The molecule has 0 aliphatic carbocycles. The van der Waals surface area contributed by atoms with Crippen LogP contribution in [0.4, 0.5) is 0 Å². The van der Waals surface area contributed by atoms with Crippen molar-refractivity contribution in [1.29, 1.82) is 0 Å². The van der Waals surface area contributed by atoms with Crippen LogP contribution in [0.15, 0.2) is 0 Å². The Balaban J connectivity index is -0.0000000200. The molecular weight excluding hydrogens is 311 g/mol. The molecule has 5 heavy (non-hydrogen) atoms. The molecule has 0 aromatic carbocycles. The third kappa shape index (κ3) is 26.4. The first-order valence-corrected chi connectivity index (χ1v) is 1.06. The Labute approximate surface area is 72.2 Å². The summed E-state index contributed by atoms with van der Waals surface area (Å²) < 4.78 is 0. The van der Waals surface area contributed by atoms with E-state index in [9.17, 15) is 0 Å². The minimum Gasteiger partial charge on any atom is -0.678 e. The zero-order valence-electron chi connectivity index (χ0n) is 3.19. The van der Waals surface area contributed by atoms with Crippen molar-refractivity contribution in [2.45, 2.75) is 6.92 Å². The number of rotatable bonds is 0. The summed E-state index contributed by atoms with van der Waals surface area (Å²) in [4.78, 5) is 0. The molecule has 0 aliphatic heterocycles. The van der Waals surface area contributed by atoms with Crippen LogP contribution < -0.4 is 0 Å². The van der Waals surface area contributed by atoms with Crippen molar-refractivity contribution < 1.29 is 53.8 Å². The first-order valence-electron chi connectivity index (χ1n) is 1.06. The molecule has 1 N–H and O–H groups in total. The van der Waals surface area contributed by atoms with Crippen LogP contribution >= 0.6 is 0 Å². The van der Waals surface area contributed by atoms with Crippen molar-refractivity contribution >= 4 is 0 Å². The second-order valence-electron chi connectivity index (χ2n) is 0.354. The van der Waals surface area contributed by atoms with Crippen LogP contribution in [0.1, 0.15) is 6.92 Å². The average molecular weight is 317 g/mol. The number of hydrogen-bond acceptors (Lipinski definition) is 0. The molecule has 0 fully saturated rings. The van der Waals surface area contributed by atoms with E-state index in [0.717, 1.165) is 0 Å². The molecule has 0 atom stereocenters. The Morgan fingerprint density at radius 2 is 1.60 bits per heavy atom. The molecule has 0 unspecified atom stereocenters. The van der Waals surface area contributed by atoms with E-state index in [2.05, 4.69) is 0 Å². The van der Waals surface area contributed by atoms with Crippen LogP contribution in [0.25, 0.3) is 5.73 Å². The van der Waals surface area contributed by atoms with Gasteiger partial charge in [0.25, 0.3) is 0 Å². The third-order valence-corrected chi connectivity index (χ3v) is 0. The van der Waals surface area contributed by atoms with Crippen molar-refractivity contribution in [2.24, 2.45) is 0 Å². The maximum Gasteiger partial charge on any atom is 0 e. The van der Waals surface area contributed by atoms with Gasteiger partial charge in [-0.05, 0) is 0 Å². The molecule has 0 saturated carbocycles. The smallest absolute Gasteiger partial charge is 0 e. The summed E-state index contributed by atoms with van der Waals surface area (Å²) in [6.45, 7) is 2.29. The van der Waals surface area contributed by atoms with E-state index in [4.69, 9.17) is 5.73 Å².